The Labute approximate surface area is 119 Å². The van der Waals surface area contributed by atoms with Crippen molar-refractivity contribution in [3.8, 4) is 5.69 Å². The number of allylic oxidation sites excluding steroid dienone is 1. The zero-order valence-electron chi connectivity index (χ0n) is 11.6. The summed E-state index contributed by atoms with van der Waals surface area (Å²) in [4.78, 5) is 0. The highest BCUT2D eigenvalue weighted by atomic mass is 15.0. The van der Waals surface area contributed by atoms with Gasteiger partial charge in [-0.3, -0.25) is 0 Å². The first-order chi connectivity index (χ1) is 9.84. The molecular formula is C19H17N. The van der Waals surface area contributed by atoms with Crippen LogP contribution in [0.3, 0.4) is 0 Å². The Morgan fingerprint density at radius 3 is 2.55 bits per heavy atom. The van der Waals surface area contributed by atoms with Gasteiger partial charge in [0.15, 0.2) is 0 Å². The standard InChI is InChI=1S/C19H17N/c1-14-11-12-19-17(13-14)16-9-5-6-10-18(16)20(19)15-7-3-2-4-8-15/h2-12,14H,13H2,1H3. The Bertz CT molecular complexity index is 793. The monoisotopic (exact) mass is 259 g/mol. The molecule has 3 aromatic rings. The molecule has 20 heavy (non-hydrogen) atoms. The number of nitrogens with zero attached hydrogens (tertiary/aromatic N) is 1. The lowest BCUT2D eigenvalue weighted by Crippen LogP contribution is -2.05. The first-order valence-corrected chi connectivity index (χ1v) is 7.20. The van der Waals surface area contributed by atoms with Gasteiger partial charge in [-0.2, -0.15) is 0 Å². The summed E-state index contributed by atoms with van der Waals surface area (Å²) in [6.45, 7) is 2.29. The van der Waals surface area contributed by atoms with E-state index in [9.17, 15) is 0 Å². The van der Waals surface area contributed by atoms with E-state index in [0.29, 0.717) is 5.92 Å². The predicted molar refractivity (Wildman–Crippen MR) is 85.2 cm³/mol. The predicted octanol–water partition coefficient (Wildman–Crippen LogP) is 4.84. The lowest BCUT2D eigenvalue weighted by Gasteiger charge is -2.15. The highest BCUT2D eigenvalue weighted by Gasteiger charge is 2.20. The van der Waals surface area contributed by atoms with Gasteiger partial charge in [-0.25, -0.2) is 0 Å². The van der Waals surface area contributed by atoms with E-state index >= 15 is 0 Å². The number of rotatable bonds is 1. The molecule has 1 nitrogen and oxygen atoms in total. The van der Waals surface area contributed by atoms with Crippen LogP contribution in [0, 0.1) is 5.92 Å². The molecule has 0 amide bonds. The molecular weight excluding hydrogens is 242 g/mol. The van der Waals surface area contributed by atoms with Crippen LogP contribution in [0.2, 0.25) is 0 Å². The molecule has 0 aliphatic heterocycles. The second kappa shape index (κ2) is 4.38. The van der Waals surface area contributed by atoms with Crippen molar-refractivity contribution in [3.05, 3.63) is 71.9 Å². The van der Waals surface area contributed by atoms with Crippen LogP contribution in [0.1, 0.15) is 18.2 Å². The lowest BCUT2D eigenvalue weighted by molar-refractivity contribution is 0.718. The Kier molecular flexibility index (Phi) is 2.53. The number of aromatic nitrogens is 1. The molecule has 1 aromatic heterocycles. The lowest BCUT2D eigenvalue weighted by atomic mass is 9.93. The maximum Gasteiger partial charge on any atom is 0.0537 e. The molecule has 0 spiro atoms. The van der Waals surface area contributed by atoms with Crippen LogP contribution in [-0.2, 0) is 6.42 Å². The third-order valence-corrected chi connectivity index (χ3v) is 4.14. The molecule has 1 unspecified atom stereocenters. The summed E-state index contributed by atoms with van der Waals surface area (Å²) in [5.41, 5.74) is 5.38. The van der Waals surface area contributed by atoms with Crippen LogP contribution in [0.4, 0.5) is 0 Å². The van der Waals surface area contributed by atoms with Gasteiger partial charge < -0.3 is 4.57 Å². The molecule has 1 aliphatic carbocycles. The van der Waals surface area contributed by atoms with Gasteiger partial charge in [0.2, 0.25) is 0 Å². The van der Waals surface area contributed by atoms with Crippen molar-refractivity contribution >= 4 is 17.0 Å². The van der Waals surface area contributed by atoms with E-state index in [2.05, 4.69) is 78.2 Å². The molecule has 4 rings (SSSR count). The average Bonchev–Trinajstić information content (AvgIpc) is 2.82. The van der Waals surface area contributed by atoms with Gasteiger partial charge in [-0.1, -0.05) is 49.4 Å². The zero-order valence-corrected chi connectivity index (χ0v) is 11.6. The minimum absolute atomic E-state index is 0.623. The SMILES string of the molecule is CC1C=Cc2c(c3ccccc3n2-c2ccccc2)C1. The van der Waals surface area contributed by atoms with Gasteiger partial charge in [-0.15, -0.1) is 0 Å². The summed E-state index contributed by atoms with van der Waals surface area (Å²) < 4.78 is 2.38. The number of benzene rings is 2. The van der Waals surface area contributed by atoms with Gasteiger partial charge in [0.05, 0.1) is 5.52 Å². The third kappa shape index (κ3) is 1.63. The van der Waals surface area contributed by atoms with Crippen LogP contribution in [0.5, 0.6) is 0 Å². The van der Waals surface area contributed by atoms with E-state index < -0.39 is 0 Å². The topological polar surface area (TPSA) is 4.93 Å². The summed E-state index contributed by atoms with van der Waals surface area (Å²) in [6, 6.07) is 19.4. The minimum Gasteiger partial charge on any atom is -0.310 e. The smallest absolute Gasteiger partial charge is 0.0537 e. The van der Waals surface area contributed by atoms with Gasteiger partial charge in [0.1, 0.15) is 0 Å². The summed E-state index contributed by atoms with van der Waals surface area (Å²) in [7, 11) is 0. The van der Waals surface area contributed by atoms with Gasteiger partial charge in [0.25, 0.3) is 0 Å². The summed E-state index contributed by atoms with van der Waals surface area (Å²) >= 11 is 0. The normalized spacial score (nSPS) is 17.4. The molecule has 0 N–H and O–H groups in total. The molecule has 1 aliphatic rings. The fourth-order valence-electron chi connectivity index (χ4n) is 3.22. The summed E-state index contributed by atoms with van der Waals surface area (Å²) in [6.07, 6.45) is 5.74. The fourth-order valence-corrected chi connectivity index (χ4v) is 3.22. The molecule has 0 radical (unpaired) electrons. The van der Waals surface area contributed by atoms with E-state index in [1.165, 1.54) is 27.8 Å². The van der Waals surface area contributed by atoms with E-state index in [1.54, 1.807) is 0 Å². The van der Waals surface area contributed by atoms with Crippen molar-refractivity contribution in [1.82, 2.24) is 4.57 Å². The molecule has 1 atom stereocenters. The fraction of sp³-hybridized carbons (Fsp3) is 0.158. The van der Waals surface area contributed by atoms with Crippen molar-refractivity contribution < 1.29 is 0 Å². The molecule has 0 bridgehead atoms. The number of hydrogen-bond acceptors (Lipinski definition) is 0. The first kappa shape index (κ1) is 11.5. The van der Waals surface area contributed by atoms with Crippen LogP contribution < -0.4 is 0 Å². The highest BCUT2D eigenvalue weighted by Crippen LogP contribution is 2.34. The number of para-hydroxylation sites is 2. The number of hydrogen-bond donors (Lipinski definition) is 0. The van der Waals surface area contributed by atoms with Crippen LogP contribution >= 0.6 is 0 Å². The van der Waals surface area contributed by atoms with Crippen molar-refractivity contribution in [2.75, 3.05) is 0 Å². The Balaban J connectivity index is 2.10. The highest BCUT2D eigenvalue weighted by molar-refractivity contribution is 5.90. The maximum absolute atomic E-state index is 2.38. The molecule has 0 saturated carbocycles. The molecule has 0 fully saturated rings. The van der Waals surface area contributed by atoms with Gasteiger partial charge in [0, 0.05) is 16.8 Å². The Hall–Kier alpha value is -2.28. The summed E-state index contributed by atoms with van der Waals surface area (Å²) in [5.74, 6) is 0.623. The van der Waals surface area contributed by atoms with Crippen LogP contribution in [0.25, 0.3) is 22.7 Å². The van der Waals surface area contributed by atoms with Crippen molar-refractivity contribution in [2.45, 2.75) is 13.3 Å². The van der Waals surface area contributed by atoms with Crippen LogP contribution in [-0.4, -0.2) is 4.57 Å². The first-order valence-electron chi connectivity index (χ1n) is 7.20. The molecule has 1 heteroatoms. The molecule has 0 saturated heterocycles. The third-order valence-electron chi connectivity index (χ3n) is 4.14. The average molecular weight is 259 g/mol. The van der Waals surface area contributed by atoms with Crippen LogP contribution in [0.15, 0.2) is 60.7 Å². The van der Waals surface area contributed by atoms with E-state index in [-0.39, 0.29) is 0 Å². The quantitative estimate of drug-likeness (QED) is 0.589. The summed E-state index contributed by atoms with van der Waals surface area (Å²) in [5, 5.41) is 1.39. The van der Waals surface area contributed by atoms with Crippen molar-refractivity contribution in [1.29, 1.82) is 0 Å². The molecule has 1 heterocycles. The second-order valence-corrected chi connectivity index (χ2v) is 5.59. The van der Waals surface area contributed by atoms with Crippen molar-refractivity contribution in [3.63, 3.8) is 0 Å². The van der Waals surface area contributed by atoms with E-state index in [4.69, 9.17) is 0 Å². The second-order valence-electron chi connectivity index (χ2n) is 5.59. The van der Waals surface area contributed by atoms with E-state index in [1.807, 2.05) is 0 Å². The molecule has 98 valence electrons. The molecule has 2 aromatic carbocycles. The zero-order chi connectivity index (χ0) is 13.5. The minimum atomic E-state index is 0.623. The number of fused-ring (bicyclic) bond motifs is 3. The Morgan fingerprint density at radius 1 is 0.950 bits per heavy atom. The largest absolute Gasteiger partial charge is 0.310 e. The maximum atomic E-state index is 2.38. The Morgan fingerprint density at radius 2 is 1.70 bits per heavy atom. The van der Waals surface area contributed by atoms with E-state index in [0.717, 1.165) is 6.42 Å². The van der Waals surface area contributed by atoms with Gasteiger partial charge in [-0.05, 0) is 42.2 Å². The van der Waals surface area contributed by atoms with Crippen molar-refractivity contribution in [2.24, 2.45) is 5.92 Å². The van der Waals surface area contributed by atoms with Gasteiger partial charge >= 0.3 is 0 Å².